The van der Waals surface area contributed by atoms with Crippen LogP contribution >= 0.6 is 11.8 Å². The van der Waals surface area contributed by atoms with Gasteiger partial charge in [-0.15, -0.1) is 18.3 Å². The van der Waals surface area contributed by atoms with Crippen LogP contribution in [-0.2, 0) is 6.42 Å². The quantitative estimate of drug-likeness (QED) is 0.467. The van der Waals surface area contributed by atoms with Gasteiger partial charge in [0.25, 0.3) is 0 Å². The third kappa shape index (κ3) is 2.48. The molecule has 1 aliphatic heterocycles. The molecule has 2 rings (SSSR count). The van der Waals surface area contributed by atoms with Crippen molar-refractivity contribution in [2.45, 2.75) is 35.4 Å². The minimum absolute atomic E-state index is 0.371. The lowest BCUT2D eigenvalue weighted by molar-refractivity contribution is 0.481. The number of rotatable bonds is 5. The molecular formula is C13H18N2S. The van der Waals surface area contributed by atoms with Gasteiger partial charge in [-0.05, 0) is 30.9 Å². The van der Waals surface area contributed by atoms with Crippen molar-refractivity contribution in [2.24, 2.45) is 5.84 Å². The molecule has 0 radical (unpaired) electrons. The summed E-state index contributed by atoms with van der Waals surface area (Å²) in [7, 11) is 0. The number of allylic oxidation sites excluding steroid dienone is 1. The van der Waals surface area contributed by atoms with E-state index in [4.69, 9.17) is 5.84 Å². The molecule has 0 aromatic heterocycles. The lowest BCUT2D eigenvalue weighted by atomic mass is 10.0. The Morgan fingerprint density at radius 1 is 1.56 bits per heavy atom. The number of fused-ring (bicyclic) bond motifs is 1. The average molecular weight is 234 g/mol. The Hall–Kier alpha value is -0.770. The van der Waals surface area contributed by atoms with Crippen LogP contribution in [0.25, 0.3) is 0 Å². The third-order valence-corrected chi connectivity index (χ3v) is 4.47. The van der Waals surface area contributed by atoms with Crippen LogP contribution in [0.2, 0.25) is 0 Å². The van der Waals surface area contributed by atoms with Gasteiger partial charge in [0.15, 0.2) is 0 Å². The van der Waals surface area contributed by atoms with Gasteiger partial charge in [0.2, 0.25) is 0 Å². The van der Waals surface area contributed by atoms with Gasteiger partial charge >= 0.3 is 0 Å². The van der Waals surface area contributed by atoms with Crippen molar-refractivity contribution in [2.75, 3.05) is 0 Å². The van der Waals surface area contributed by atoms with Crippen molar-refractivity contribution in [1.82, 2.24) is 5.43 Å². The Kier molecular flexibility index (Phi) is 4.04. The zero-order valence-corrected chi connectivity index (χ0v) is 10.2. The Bertz CT molecular complexity index is 340. The molecule has 16 heavy (non-hydrogen) atoms. The summed E-state index contributed by atoms with van der Waals surface area (Å²) in [6.07, 6.45) is 5.15. The number of hydrogen-bond acceptors (Lipinski definition) is 3. The van der Waals surface area contributed by atoms with Crippen molar-refractivity contribution >= 4 is 11.8 Å². The van der Waals surface area contributed by atoms with Gasteiger partial charge in [0.05, 0.1) is 0 Å². The van der Waals surface area contributed by atoms with Crippen molar-refractivity contribution in [3.8, 4) is 0 Å². The predicted octanol–water partition coefficient (Wildman–Crippen LogP) is 2.50. The van der Waals surface area contributed by atoms with Crippen molar-refractivity contribution in [1.29, 1.82) is 0 Å². The van der Waals surface area contributed by atoms with E-state index in [-0.39, 0.29) is 0 Å². The Labute approximate surface area is 101 Å². The number of nitrogens with two attached hydrogens (primary N) is 1. The standard InChI is InChI=1S/C13H18N2S/c1-2-3-7-11(15-14)13-9-10-6-4-5-8-12(10)16-13/h2,4-6,8,11,13,15H,1,3,7,9,14H2. The van der Waals surface area contributed by atoms with Gasteiger partial charge in [-0.1, -0.05) is 24.3 Å². The molecule has 1 heterocycles. The number of hydrogen-bond donors (Lipinski definition) is 2. The van der Waals surface area contributed by atoms with Crippen LogP contribution in [0.3, 0.4) is 0 Å². The van der Waals surface area contributed by atoms with Gasteiger partial charge in [-0.25, -0.2) is 0 Å². The first-order valence-corrected chi connectivity index (χ1v) is 6.54. The van der Waals surface area contributed by atoms with E-state index in [1.165, 1.54) is 10.5 Å². The maximum Gasteiger partial charge on any atom is 0.0339 e. The monoisotopic (exact) mass is 234 g/mol. The molecule has 2 nitrogen and oxygen atoms in total. The molecule has 1 aliphatic rings. The number of benzene rings is 1. The fraction of sp³-hybridized carbons (Fsp3) is 0.385. The summed E-state index contributed by atoms with van der Waals surface area (Å²) in [6, 6.07) is 8.99. The SMILES string of the molecule is C=CCCC(NN)C1Cc2ccccc2S1. The van der Waals surface area contributed by atoms with Crippen LogP contribution in [0.15, 0.2) is 41.8 Å². The fourth-order valence-electron chi connectivity index (χ4n) is 2.11. The second-order valence-corrected chi connectivity index (χ2v) is 5.39. The molecule has 3 N–H and O–H groups in total. The summed E-state index contributed by atoms with van der Waals surface area (Å²) in [5.41, 5.74) is 4.40. The van der Waals surface area contributed by atoms with E-state index in [0.29, 0.717) is 11.3 Å². The summed E-state index contributed by atoms with van der Waals surface area (Å²) in [5, 5.41) is 0.558. The maximum absolute atomic E-state index is 5.63. The molecule has 0 spiro atoms. The van der Waals surface area contributed by atoms with E-state index in [9.17, 15) is 0 Å². The highest BCUT2D eigenvalue weighted by Crippen LogP contribution is 2.38. The molecule has 0 saturated heterocycles. The zero-order valence-electron chi connectivity index (χ0n) is 9.36. The second kappa shape index (κ2) is 5.53. The molecule has 1 aromatic carbocycles. The van der Waals surface area contributed by atoms with Crippen molar-refractivity contribution in [3.05, 3.63) is 42.5 Å². The molecule has 1 aromatic rings. The number of nitrogens with one attached hydrogen (secondary N) is 1. The van der Waals surface area contributed by atoms with Gasteiger partial charge in [-0.2, -0.15) is 0 Å². The molecule has 86 valence electrons. The lowest BCUT2D eigenvalue weighted by Gasteiger charge is -2.21. The second-order valence-electron chi connectivity index (χ2n) is 4.11. The summed E-state index contributed by atoms with van der Waals surface area (Å²) >= 11 is 1.94. The highest BCUT2D eigenvalue weighted by atomic mass is 32.2. The van der Waals surface area contributed by atoms with Crippen LogP contribution in [0.5, 0.6) is 0 Å². The van der Waals surface area contributed by atoms with E-state index in [1.54, 1.807) is 0 Å². The van der Waals surface area contributed by atoms with Crippen molar-refractivity contribution in [3.63, 3.8) is 0 Å². The summed E-state index contributed by atoms with van der Waals surface area (Å²) in [6.45, 7) is 3.76. The molecule has 0 amide bonds. The van der Waals surface area contributed by atoms with E-state index in [2.05, 4.69) is 36.3 Å². The van der Waals surface area contributed by atoms with Crippen LogP contribution in [-0.4, -0.2) is 11.3 Å². The summed E-state index contributed by atoms with van der Waals surface area (Å²) in [4.78, 5) is 1.41. The normalized spacial score (nSPS) is 20.4. The third-order valence-electron chi connectivity index (χ3n) is 3.02. The molecule has 2 unspecified atom stereocenters. The number of thioether (sulfide) groups is 1. The zero-order chi connectivity index (χ0) is 11.4. The molecule has 0 bridgehead atoms. The van der Waals surface area contributed by atoms with Gasteiger partial charge < -0.3 is 0 Å². The Balaban J connectivity index is 2.00. The first-order chi connectivity index (χ1) is 7.85. The Morgan fingerprint density at radius 2 is 2.38 bits per heavy atom. The summed E-state index contributed by atoms with van der Waals surface area (Å²) < 4.78 is 0. The van der Waals surface area contributed by atoms with Gasteiger partial charge in [0, 0.05) is 16.2 Å². The first-order valence-electron chi connectivity index (χ1n) is 5.66. The van der Waals surface area contributed by atoms with Crippen LogP contribution in [0, 0.1) is 0 Å². The highest BCUT2D eigenvalue weighted by Gasteiger charge is 2.27. The molecule has 0 saturated carbocycles. The smallest absolute Gasteiger partial charge is 0.0339 e. The maximum atomic E-state index is 5.63. The van der Waals surface area contributed by atoms with Crippen LogP contribution < -0.4 is 11.3 Å². The molecule has 2 atom stereocenters. The van der Waals surface area contributed by atoms with Gasteiger partial charge in [-0.3, -0.25) is 11.3 Å². The van der Waals surface area contributed by atoms with E-state index < -0.39 is 0 Å². The topological polar surface area (TPSA) is 38.0 Å². The predicted molar refractivity (Wildman–Crippen MR) is 70.3 cm³/mol. The number of hydrazine groups is 1. The molecule has 0 aliphatic carbocycles. The fourth-order valence-corrected chi connectivity index (χ4v) is 3.54. The molecular weight excluding hydrogens is 216 g/mol. The van der Waals surface area contributed by atoms with E-state index in [1.807, 2.05) is 17.8 Å². The minimum Gasteiger partial charge on any atom is -0.271 e. The lowest BCUT2D eigenvalue weighted by Crippen LogP contribution is -2.42. The Morgan fingerprint density at radius 3 is 3.06 bits per heavy atom. The van der Waals surface area contributed by atoms with E-state index >= 15 is 0 Å². The average Bonchev–Trinajstić information content (AvgIpc) is 2.73. The molecule has 3 heteroatoms. The first kappa shape index (κ1) is 11.7. The minimum atomic E-state index is 0.371. The molecule has 0 fully saturated rings. The van der Waals surface area contributed by atoms with Gasteiger partial charge in [0.1, 0.15) is 0 Å². The van der Waals surface area contributed by atoms with Crippen LogP contribution in [0.1, 0.15) is 18.4 Å². The van der Waals surface area contributed by atoms with Crippen LogP contribution in [0.4, 0.5) is 0 Å². The summed E-state index contributed by atoms with van der Waals surface area (Å²) in [5.74, 6) is 5.63. The van der Waals surface area contributed by atoms with E-state index in [0.717, 1.165) is 19.3 Å². The van der Waals surface area contributed by atoms with Crippen molar-refractivity contribution < 1.29 is 0 Å². The highest BCUT2D eigenvalue weighted by molar-refractivity contribution is 8.00. The largest absolute Gasteiger partial charge is 0.271 e.